The van der Waals surface area contributed by atoms with E-state index >= 15 is 0 Å². The zero-order valence-electron chi connectivity index (χ0n) is 27.8. The molecule has 6 aromatic rings. The summed E-state index contributed by atoms with van der Waals surface area (Å²) in [6.45, 7) is 3.63. The standard InChI is InChI=1S/C38H41N7O5/c1-21(2)34(39)37(48)44-32(16-23-19-41-29-13-7-4-10-26(23)29)35(46)43-31(15-22-18-40-28-12-6-3-9-25(22)28)36(47)45-33(38(49)50)17-24-20-42-30-14-8-5-11-27(24)30/h3-14,18-21,31-34,40-42H,15-17,39H2,1-2H3,(H,43,46)(H,44,48)(H,45,47)(H,49,50). The van der Waals surface area contributed by atoms with Crippen molar-refractivity contribution in [2.75, 3.05) is 0 Å². The maximum absolute atomic E-state index is 14.2. The minimum absolute atomic E-state index is 0.0190. The fourth-order valence-corrected chi connectivity index (χ4v) is 6.30. The molecule has 0 aliphatic rings. The van der Waals surface area contributed by atoms with Crippen LogP contribution in [0, 0.1) is 5.92 Å². The van der Waals surface area contributed by atoms with Gasteiger partial charge < -0.3 is 41.7 Å². The fraction of sp³-hybridized carbons (Fsp3) is 0.263. The molecule has 0 aliphatic carbocycles. The van der Waals surface area contributed by atoms with E-state index in [1.54, 1.807) is 18.6 Å². The first-order chi connectivity index (χ1) is 24.1. The second-order valence-electron chi connectivity index (χ2n) is 13.0. The number of amides is 3. The van der Waals surface area contributed by atoms with Crippen LogP contribution < -0.4 is 21.7 Å². The number of carbonyl (C=O) groups is 4. The summed E-state index contributed by atoms with van der Waals surface area (Å²) in [6.07, 6.45) is 5.48. The molecule has 0 saturated heterocycles. The Hall–Kier alpha value is -5.88. The Morgan fingerprint density at radius 3 is 1.30 bits per heavy atom. The number of carbonyl (C=O) groups excluding carboxylic acids is 3. The van der Waals surface area contributed by atoms with Gasteiger partial charge in [0.15, 0.2) is 0 Å². The molecular weight excluding hydrogens is 634 g/mol. The molecule has 0 spiro atoms. The highest BCUT2D eigenvalue weighted by atomic mass is 16.4. The van der Waals surface area contributed by atoms with Crippen LogP contribution in [0.2, 0.25) is 0 Å². The SMILES string of the molecule is CC(C)C(N)C(=O)NC(Cc1c[nH]c2ccccc12)C(=O)NC(Cc1c[nH]c2ccccc12)C(=O)NC(Cc1c[nH]c2ccccc12)C(=O)O. The predicted octanol–water partition coefficient (Wildman–Crippen LogP) is 3.68. The summed E-state index contributed by atoms with van der Waals surface area (Å²) in [4.78, 5) is 63.5. The maximum atomic E-state index is 14.2. The van der Waals surface area contributed by atoms with E-state index in [2.05, 4.69) is 30.9 Å². The fourth-order valence-electron chi connectivity index (χ4n) is 6.30. The normalized spacial score (nSPS) is 14.0. The number of hydrogen-bond acceptors (Lipinski definition) is 5. The number of fused-ring (bicyclic) bond motifs is 3. The highest BCUT2D eigenvalue weighted by Crippen LogP contribution is 2.22. The number of hydrogen-bond donors (Lipinski definition) is 8. The van der Waals surface area contributed by atoms with Gasteiger partial charge >= 0.3 is 5.97 Å². The van der Waals surface area contributed by atoms with Crippen LogP contribution in [0.4, 0.5) is 0 Å². The molecule has 3 amide bonds. The highest BCUT2D eigenvalue weighted by molar-refractivity contribution is 5.96. The number of rotatable bonds is 14. The molecule has 9 N–H and O–H groups in total. The molecular formula is C38H41N7O5. The van der Waals surface area contributed by atoms with Crippen LogP contribution in [-0.2, 0) is 38.4 Å². The molecule has 3 aromatic heterocycles. The number of nitrogens with two attached hydrogens (primary N) is 1. The van der Waals surface area contributed by atoms with E-state index in [9.17, 15) is 24.3 Å². The van der Waals surface area contributed by atoms with Crippen molar-refractivity contribution in [1.29, 1.82) is 0 Å². The maximum Gasteiger partial charge on any atom is 0.326 e. The van der Waals surface area contributed by atoms with E-state index in [4.69, 9.17) is 5.73 Å². The average molecular weight is 676 g/mol. The number of aliphatic carboxylic acids is 1. The Morgan fingerprint density at radius 1 is 0.580 bits per heavy atom. The van der Waals surface area contributed by atoms with Gasteiger partial charge in [0.05, 0.1) is 6.04 Å². The minimum atomic E-state index is -1.28. The van der Waals surface area contributed by atoms with Crippen molar-refractivity contribution in [3.05, 3.63) is 108 Å². The van der Waals surface area contributed by atoms with Crippen molar-refractivity contribution in [3.8, 4) is 0 Å². The average Bonchev–Trinajstić information content (AvgIpc) is 3.84. The molecule has 4 unspecified atom stereocenters. The summed E-state index contributed by atoms with van der Waals surface area (Å²) in [5, 5.41) is 21.1. The molecule has 12 heteroatoms. The molecule has 258 valence electrons. The number of benzene rings is 3. The molecule has 50 heavy (non-hydrogen) atoms. The van der Waals surface area contributed by atoms with Gasteiger partial charge in [-0.05, 0) is 40.8 Å². The third kappa shape index (κ3) is 7.40. The number of para-hydroxylation sites is 3. The Labute approximate surface area is 288 Å². The number of aromatic amines is 3. The van der Waals surface area contributed by atoms with Crippen LogP contribution >= 0.6 is 0 Å². The lowest BCUT2D eigenvalue weighted by molar-refractivity contribution is -0.142. The van der Waals surface area contributed by atoms with Gasteiger partial charge in [-0.3, -0.25) is 14.4 Å². The molecule has 3 aromatic carbocycles. The van der Waals surface area contributed by atoms with Gasteiger partial charge in [0.25, 0.3) is 0 Å². The first-order valence-corrected chi connectivity index (χ1v) is 16.6. The van der Waals surface area contributed by atoms with Crippen molar-refractivity contribution >= 4 is 56.4 Å². The summed E-state index contributed by atoms with van der Waals surface area (Å²) < 4.78 is 0. The van der Waals surface area contributed by atoms with Crippen LogP contribution in [0.5, 0.6) is 0 Å². The van der Waals surface area contributed by atoms with Crippen molar-refractivity contribution < 1.29 is 24.3 Å². The molecule has 6 rings (SSSR count). The van der Waals surface area contributed by atoms with E-state index < -0.39 is 47.9 Å². The van der Waals surface area contributed by atoms with Crippen molar-refractivity contribution in [1.82, 2.24) is 30.9 Å². The van der Waals surface area contributed by atoms with E-state index in [1.165, 1.54) is 0 Å². The molecule has 4 atom stereocenters. The second kappa shape index (κ2) is 14.7. The quantitative estimate of drug-likeness (QED) is 0.0866. The Balaban J connectivity index is 1.29. The van der Waals surface area contributed by atoms with E-state index in [0.29, 0.717) is 0 Å². The summed E-state index contributed by atoms with van der Waals surface area (Å²) in [5.74, 6) is -3.18. The topological polar surface area (TPSA) is 198 Å². The van der Waals surface area contributed by atoms with Gasteiger partial charge in [-0.25, -0.2) is 4.79 Å². The second-order valence-corrected chi connectivity index (χ2v) is 13.0. The monoisotopic (exact) mass is 675 g/mol. The first-order valence-electron chi connectivity index (χ1n) is 16.6. The van der Waals surface area contributed by atoms with Crippen molar-refractivity contribution in [3.63, 3.8) is 0 Å². The lowest BCUT2D eigenvalue weighted by Gasteiger charge is -2.26. The van der Waals surface area contributed by atoms with Gasteiger partial charge in [0, 0.05) is 70.6 Å². The zero-order chi connectivity index (χ0) is 35.4. The number of nitrogens with one attached hydrogen (secondary N) is 6. The van der Waals surface area contributed by atoms with Gasteiger partial charge in [-0.1, -0.05) is 68.4 Å². The van der Waals surface area contributed by atoms with Crippen LogP contribution in [0.3, 0.4) is 0 Å². The smallest absolute Gasteiger partial charge is 0.326 e. The van der Waals surface area contributed by atoms with Crippen molar-refractivity contribution in [2.45, 2.75) is 57.3 Å². The van der Waals surface area contributed by atoms with Gasteiger partial charge in [-0.15, -0.1) is 0 Å². The van der Waals surface area contributed by atoms with Crippen molar-refractivity contribution in [2.24, 2.45) is 11.7 Å². The number of H-pyrrole nitrogens is 3. The largest absolute Gasteiger partial charge is 0.480 e. The van der Waals surface area contributed by atoms with E-state index in [-0.39, 0.29) is 25.2 Å². The summed E-state index contributed by atoms with van der Waals surface area (Å²) in [7, 11) is 0. The molecule has 0 radical (unpaired) electrons. The number of carboxylic acid groups (broad SMARTS) is 1. The molecule has 0 saturated carbocycles. The molecule has 0 aliphatic heterocycles. The van der Waals surface area contributed by atoms with Gasteiger partial charge in [-0.2, -0.15) is 0 Å². The van der Waals surface area contributed by atoms with Crippen LogP contribution in [-0.4, -0.2) is 67.9 Å². The number of carboxylic acids is 1. The summed E-state index contributed by atoms with van der Waals surface area (Å²) in [6, 6.07) is 18.3. The van der Waals surface area contributed by atoms with Crippen LogP contribution in [0.1, 0.15) is 30.5 Å². The predicted molar refractivity (Wildman–Crippen MR) is 192 cm³/mol. The number of aromatic nitrogens is 3. The Bertz CT molecular complexity index is 2160. The highest BCUT2D eigenvalue weighted by Gasteiger charge is 2.32. The molecule has 12 nitrogen and oxygen atoms in total. The molecule has 0 bridgehead atoms. The Kier molecular flexibility index (Phi) is 10.0. The Morgan fingerprint density at radius 2 is 0.920 bits per heavy atom. The van der Waals surface area contributed by atoms with Gasteiger partial charge in [0.2, 0.25) is 17.7 Å². The summed E-state index contributed by atoms with van der Waals surface area (Å²) in [5.41, 5.74) is 11.0. The first kappa shape index (κ1) is 34.0. The van der Waals surface area contributed by atoms with Gasteiger partial charge in [0.1, 0.15) is 18.1 Å². The van der Waals surface area contributed by atoms with Crippen LogP contribution in [0.25, 0.3) is 32.7 Å². The van der Waals surface area contributed by atoms with Crippen LogP contribution in [0.15, 0.2) is 91.4 Å². The third-order valence-electron chi connectivity index (χ3n) is 9.20. The summed E-state index contributed by atoms with van der Waals surface area (Å²) >= 11 is 0. The minimum Gasteiger partial charge on any atom is -0.480 e. The van der Waals surface area contributed by atoms with E-state index in [0.717, 1.165) is 49.4 Å². The zero-order valence-corrected chi connectivity index (χ0v) is 27.8. The lowest BCUT2D eigenvalue weighted by Crippen LogP contribution is -2.58. The molecule has 0 fully saturated rings. The molecule has 3 heterocycles. The third-order valence-corrected chi connectivity index (χ3v) is 9.20. The van der Waals surface area contributed by atoms with E-state index in [1.807, 2.05) is 86.6 Å². The lowest BCUT2D eigenvalue weighted by atomic mass is 9.99.